The van der Waals surface area contributed by atoms with Gasteiger partial charge in [-0.05, 0) is 97.7 Å². The first-order valence-electron chi connectivity index (χ1n) is 13.7. The van der Waals surface area contributed by atoms with Crippen LogP contribution in [0.15, 0.2) is 11.6 Å². The maximum absolute atomic E-state index is 2.80. The summed E-state index contributed by atoms with van der Waals surface area (Å²) in [6, 6.07) is 0. The van der Waals surface area contributed by atoms with Crippen LogP contribution in [0.25, 0.3) is 0 Å². The summed E-state index contributed by atoms with van der Waals surface area (Å²) in [5.74, 6) is 8.54. The summed E-state index contributed by atoms with van der Waals surface area (Å²) < 4.78 is 0.561. The van der Waals surface area contributed by atoms with E-state index in [1.165, 1.54) is 82.1 Å². The van der Waals surface area contributed by atoms with E-state index in [1.54, 1.807) is 0 Å². The Bertz CT molecular complexity index is 689. The summed E-state index contributed by atoms with van der Waals surface area (Å²) in [5.41, 5.74) is 3.05. The lowest BCUT2D eigenvalue weighted by atomic mass is 9.47. The smallest absolute Gasteiger partial charge is 0.0649 e. The summed E-state index contributed by atoms with van der Waals surface area (Å²) in [6.07, 6.45) is 19.0. The Hall–Kier alpha value is 0.440. The third kappa shape index (κ3) is 3.90. The number of fused-ring (bicyclic) bond motifs is 5. The van der Waals surface area contributed by atoms with E-state index < -0.39 is 0 Å². The van der Waals surface area contributed by atoms with Crippen LogP contribution >= 0.6 is 23.5 Å². The molecule has 0 nitrogen and oxygen atoms in total. The Balaban J connectivity index is 1.31. The number of hydrogen-bond donors (Lipinski definition) is 0. The molecule has 4 fully saturated rings. The van der Waals surface area contributed by atoms with Crippen molar-refractivity contribution >= 4 is 23.5 Å². The van der Waals surface area contributed by atoms with Gasteiger partial charge in [-0.2, -0.15) is 0 Å². The number of thioether (sulfide) groups is 2. The van der Waals surface area contributed by atoms with E-state index in [1.807, 2.05) is 5.57 Å². The van der Waals surface area contributed by atoms with Gasteiger partial charge in [0.05, 0.1) is 4.08 Å². The Morgan fingerprint density at radius 3 is 2.45 bits per heavy atom. The summed E-state index contributed by atoms with van der Waals surface area (Å²) in [7, 11) is 0. The first-order valence-corrected chi connectivity index (χ1v) is 15.7. The monoisotopic (exact) mass is 460 g/mol. The lowest BCUT2D eigenvalue weighted by molar-refractivity contribution is -0.0502. The molecule has 0 aromatic rings. The zero-order chi connectivity index (χ0) is 21.9. The molecule has 5 unspecified atom stereocenters. The Morgan fingerprint density at radius 2 is 1.71 bits per heavy atom. The quantitative estimate of drug-likeness (QED) is 0.375. The van der Waals surface area contributed by atoms with Crippen LogP contribution in [0.2, 0.25) is 0 Å². The summed E-state index contributed by atoms with van der Waals surface area (Å²) in [4.78, 5) is 0. The summed E-state index contributed by atoms with van der Waals surface area (Å²) >= 11 is 4.60. The van der Waals surface area contributed by atoms with Gasteiger partial charge in [0, 0.05) is 11.5 Å². The molecule has 0 aromatic carbocycles. The lowest BCUT2D eigenvalue weighted by Gasteiger charge is -2.59. The van der Waals surface area contributed by atoms with Crippen LogP contribution in [0, 0.1) is 46.3 Å². The minimum absolute atomic E-state index is 0.528. The van der Waals surface area contributed by atoms with Crippen LogP contribution in [-0.2, 0) is 0 Å². The molecule has 0 radical (unpaired) electrons. The molecule has 0 bridgehead atoms. The second-order valence-corrected chi connectivity index (χ2v) is 16.3. The second-order valence-electron chi connectivity index (χ2n) is 13.1. The molecule has 1 spiro atoms. The van der Waals surface area contributed by atoms with Crippen LogP contribution in [0.3, 0.4) is 0 Å². The van der Waals surface area contributed by atoms with Gasteiger partial charge in [0.1, 0.15) is 0 Å². The van der Waals surface area contributed by atoms with Crippen molar-refractivity contribution in [3.63, 3.8) is 0 Å². The van der Waals surface area contributed by atoms with Gasteiger partial charge in [0.15, 0.2) is 0 Å². The van der Waals surface area contributed by atoms with Crippen LogP contribution in [0.5, 0.6) is 0 Å². The Morgan fingerprint density at radius 1 is 0.935 bits per heavy atom. The average molecular weight is 461 g/mol. The highest BCUT2D eigenvalue weighted by atomic mass is 32.2. The van der Waals surface area contributed by atoms with E-state index >= 15 is 0 Å². The van der Waals surface area contributed by atoms with Crippen molar-refractivity contribution in [3.05, 3.63) is 11.6 Å². The van der Waals surface area contributed by atoms with Crippen molar-refractivity contribution in [2.75, 3.05) is 11.5 Å². The molecule has 31 heavy (non-hydrogen) atoms. The SMILES string of the molecule is CC(C)CCCC(C)C1CCC2C3CC=C4CC5(CC[C@]4(C)C3CC[C@]12C)SCCS5. The number of rotatable bonds is 5. The second kappa shape index (κ2) is 8.58. The Kier molecular flexibility index (Phi) is 6.42. The van der Waals surface area contributed by atoms with Gasteiger partial charge in [-0.1, -0.05) is 65.5 Å². The molecule has 176 valence electrons. The van der Waals surface area contributed by atoms with Gasteiger partial charge in [-0.3, -0.25) is 0 Å². The van der Waals surface area contributed by atoms with E-state index in [0.717, 1.165) is 35.5 Å². The van der Waals surface area contributed by atoms with E-state index in [4.69, 9.17) is 0 Å². The van der Waals surface area contributed by atoms with Crippen molar-refractivity contribution in [2.45, 2.75) is 109 Å². The zero-order valence-electron chi connectivity index (χ0n) is 21.1. The highest BCUT2D eigenvalue weighted by Gasteiger charge is 2.60. The molecule has 0 amide bonds. The third-order valence-electron chi connectivity index (χ3n) is 11.1. The van der Waals surface area contributed by atoms with Gasteiger partial charge in [-0.25, -0.2) is 0 Å². The highest BCUT2D eigenvalue weighted by Crippen LogP contribution is 2.69. The van der Waals surface area contributed by atoms with Gasteiger partial charge in [0.25, 0.3) is 0 Å². The lowest BCUT2D eigenvalue weighted by Crippen LogP contribution is -2.51. The molecular formula is C29H48S2. The van der Waals surface area contributed by atoms with E-state index in [-0.39, 0.29) is 0 Å². The number of hydrogen-bond acceptors (Lipinski definition) is 2. The number of allylic oxidation sites excluding steroid dienone is 2. The maximum Gasteiger partial charge on any atom is 0.0649 e. The molecule has 7 atom stereocenters. The minimum atomic E-state index is 0.528. The van der Waals surface area contributed by atoms with Crippen LogP contribution < -0.4 is 0 Å². The van der Waals surface area contributed by atoms with Gasteiger partial charge in [-0.15, -0.1) is 23.5 Å². The molecule has 1 aliphatic heterocycles. The van der Waals surface area contributed by atoms with Crippen molar-refractivity contribution < 1.29 is 0 Å². The van der Waals surface area contributed by atoms with Crippen LogP contribution in [0.1, 0.15) is 105 Å². The van der Waals surface area contributed by atoms with Gasteiger partial charge in [0.2, 0.25) is 0 Å². The normalized spacial score (nSPS) is 44.6. The Labute approximate surface area is 201 Å². The van der Waals surface area contributed by atoms with Crippen molar-refractivity contribution in [2.24, 2.45) is 46.3 Å². The molecule has 5 rings (SSSR count). The molecule has 0 aromatic heterocycles. The van der Waals surface area contributed by atoms with E-state index in [2.05, 4.69) is 64.2 Å². The van der Waals surface area contributed by atoms with Crippen molar-refractivity contribution in [1.29, 1.82) is 0 Å². The topological polar surface area (TPSA) is 0 Å². The fourth-order valence-corrected chi connectivity index (χ4v) is 12.6. The zero-order valence-corrected chi connectivity index (χ0v) is 22.7. The average Bonchev–Trinajstić information content (AvgIpc) is 3.32. The van der Waals surface area contributed by atoms with Crippen LogP contribution in [0.4, 0.5) is 0 Å². The maximum atomic E-state index is 2.80. The van der Waals surface area contributed by atoms with Crippen molar-refractivity contribution in [1.82, 2.24) is 0 Å². The predicted molar refractivity (Wildman–Crippen MR) is 141 cm³/mol. The third-order valence-corrected chi connectivity index (χ3v) is 14.7. The minimum Gasteiger partial charge on any atom is -0.143 e. The molecule has 1 saturated heterocycles. The van der Waals surface area contributed by atoms with Gasteiger partial charge < -0.3 is 0 Å². The largest absolute Gasteiger partial charge is 0.143 e. The fraction of sp³-hybridized carbons (Fsp3) is 0.931. The fourth-order valence-electron chi connectivity index (χ4n) is 9.37. The van der Waals surface area contributed by atoms with E-state index in [9.17, 15) is 0 Å². The molecule has 4 aliphatic carbocycles. The first kappa shape index (κ1) is 23.2. The predicted octanol–water partition coefficient (Wildman–Crippen LogP) is 9.20. The molecule has 5 aliphatic rings. The van der Waals surface area contributed by atoms with E-state index in [0.29, 0.717) is 14.9 Å². The van der Waals surface area contributed by atoms with Crippen LogP contribution in [-0.4, -0.2) is 15.6 Å². The summed E-state index contributed by atoms with van der Waals surface area (Å²) in [5, 5.41) is 0. The van der Waals surface area contributed by atoms with Crippen molar-refractivity contribution in [3.8, 4) is 0 Å². The first-order chi connectivity index (χ1) is 14.8. The standard InChI is InChI=1S/C29H48S2/c1-20(2)7-6-8-21(3)24-11-12-25-23-10-9-22-19-29(30-17-18-31-29)16-15-27(22,4)26(23)13-14-28(24,25)5/h9,20-21,23-26H,6-8,10-19H2,1-5H3/t21?,23?,24?,25?,26?,27-,28+/m0/s1. The molecule has 2 heteroatoms. The molecule has 3 saturated carbocycles. The highest BCUT2D eigenvalue weighted by molar-refractivity contribution is 8.21. The molecule has 0 N–H and O–H groups in total. The molecule has 1 heterocycles. The molecular weight excluding hydrogens is 412 g/mol. The van der Waals surface area contributed by atoms with Gasteiger partial charge >= 0.3 is 0 Å². The summed E-state index contributed by atoms with van der Waals surface area (Å²) in [6.45, 7) is 12.8.